The van der Waals surface area contributed by atoms with Crippen LogP contribution >= 0.6 is 11.6 Å². The predicted octanol–water partition coefficient (Wildman–Crippen LogP) is 4.08. The van der Waals surface area contributed by atoms with Crippen LogP contribution in [0.25, 0.3) is 11.3 Å². The Balaban J connectivity index is 2.04. The van der Waals surface area contributed by atoms with Crippen LogP contribution in [-0.2, 0) is 9.84 Å². The molecule has 2 aromatic rings. The number of aromatic nitrogens is 1. The molecule has 1 saturated carbocycles. The van der Waals surface area contributed by atoms with Gasteiger partial charge in [0.2, 0.25) is 0 Å². The van der Waals surface area contributed by atoms with Crippen molar-refractivity contribution in [2.45, 2.75) is 49.8 Å². The Hall–Kier alpha value is -2.32. The molecule has 1 aromatic carbocycles. The number of ether oxygens (including phenoxy) is 1. The molecule has 0 amide bonds. The lowest BCUT2D eigenvalue weighted by Gasteiger charge is -2.29. The highest BCUT2D eigenvalue weighted by atomic mass is 35.5. The number of sulfone groups is 1. The van der Waals surface area contributed by atoms with Crippen LogP contribution in [0.4, 0.5) is 0 Å². The lowest BCUT2D eigenvalue weighted by atomic mass is 9.99. The summed E-state index contributed by atoms with van der Waals surface area (Å²) in [4.78, 5) is 24.6. The molecule has 0 bridgehead atoms. The van der Waals surface area contributed by atoms with Gasteiger partial charge in [-0.25, -0.2) is 13.2 Å². The zero-order valence-corrected chi connectivity index (χ0v) is 18.4. The lowest BCUT2D eigenvalue weighted by Crippen LogP contribution is -2.31. The molecule has 2 heterocycles. The maximum Gasteiger partial charge on any atom is 0.341 e. The van der Waals surface area contributed by atoms with Crippen molar-refractivity contribution in [3.63, 3.8) is 0 Å². The molecule has 30 heavy (non-hydrogen) atoms. The number of hydrogen-bond acceptors (Lipinski definition) is 5. The van der Waals surface area contributed by atoms with Crippen LogP contribution in [0.1, 0.15) is 60.8 Å². The molecule has 160 valence electrons. The fourth-order valence-electron chi connectivity index (χ4n) is 3.77. The summed E-state index contributed by atoms with van der Waals surface area (Å²) in [6.45, 7) is 5.82. The number of carboxylic acids is 1. The lowest BCUT2D eigenvalue weighted by molar-refractivity contribution is 0.0694. The number of rotatable bonds is 5. The molecule has 0 saturated heterocycles. The predicted molar refractivity (Wildman–Crippen MR) is 112 cm³/mol. The van der Waals surface area contributed by atoms with E-state index in [4.69, 9.17) is 16.3 Å². The Morgan fingerprint density at radius 3 is 2.53 bits per heavy atom. The fraction of sp³-hybridized carbons (Fsp3) is 0.429. The molecular formula is C21H22ClNO6S. The van der Waals surface area contributed by atoms with Gasteiger partial charge in [0.05, 0.1) is 27.5 Å². The molecule has 4 rings (SSSR count). The highest BCUT2D eigenvalue weighted by Crippen LogP contribution is 2.49. The summed E-state index contributed by atoms with van der Waals surface area (Å²) in [6.07, 6.45) is 1.46. The summed E-state index contributed by atoms with van der Waals surface area (Å²) in [5.41, 5.74) is -0.00188. The van der Waals surface area contributed by atoms with E-state index in [0.717, 1.165) is 12.8 Å². The van der Waals surface area contributed by atoms with Crippen molar-refractivity contribution in [1.82, 2.24) is 4.57 Å². The molecule has 0 radical (unpaired) electrons. The number of fused-ring (bicyclic) bond motifs is 3. The maximum atomic E-state index is 13.3. The second kappa shape index (κ2) is 7.13. The van der Waals surface area contributed by atoms with Crippen molar-refractivity contribution in [3.05, 3.63) is 44.7 Å². The first kappa shape index (κ1) is 20.9. The van der Waals surface area contributed by atoms with Crippen molar-refractivity contribution in [2.24, 2.45) is 5.92 Å². The summed E-state index contributed by atoms with van der Waals surface area (Å²) >= 11 is 6.41. The van der Waals surface area contributed by atoms with Crippen LogP contribution < -0.4 is 10.3 Å². The minimum absolute atomic E-state index is 0.0440. The second-order valence-electron chi connectivity index (χ2n) is 8.24. The van der Waals surface area contributed by atoms with Gasteiger partial charge in [-0.15, -0.1) is 0 Å². The molecule has 2 aliphatic rings. The first-order chi connectivity index (χ1) is 14.0. The van der Waals surface area contributed by atoms with Gasteiger partial charge in [0.15, 0.2) is 9.84 Å². The number of hydrogen-bond donors (Lipinski definition) is 1. The summed E-state index contributed by atoms with van der Waals surface area (Å²) < 4.78 is 33.7. The average molecular weight is 452 g/mol. The quantitative estimate of drug-likeness (QED) is 0.734. The molecule has 1 aliphatic carbocycles. The van der Waals surface area contributed by atoms with Crippen molar-refractivity contribution >= 4 is 27.4 Å². The standard InChI is InChI=1S/C21H22ClNO6S/c1-10(2)9-29-17-8-18-14(7-16(17)22)19-13(11(3)30(18,27)28)6-15(21(25)26)20(24)23(19)12-4-5-12/h6-8,10-12H,4-5,9H2,1-3H3,(H,25,26). The molecule has 1 atom stereocenters. The summed E-state index contributed by atoms with van der Waals surface area (Å²) in [7, 11) is -3.84. The van der Waals surface area contributed by atoms with Crippen molar-refractivity contribution in [3.8, 4) is 17.0 Å². The Labute approximate surface area is 179 Å². The smallest absolute Gasteiger partial charge is 0.341 e. The van der Waals surface area contributed by atoms with Gasteiger partial charge in [-0.1, -0.05) is 25.4 Å². The third kappa shape index (κ3) is 3.22. The van der Waals surface area contributed by atoms with E-state index in [1.54, 1.807) is 0 Å². The SMILES string of the molecule is CC(C)COc1cc2c(cc1Cl)-c1c(cc(C(=O)O)c(=O)n1C1CC1)C(C)S2(=O)=O. The topological polar surface area (TPSA) is 103 Å². The Morgan fingerprint density at radius 2 is 1.97 bits per heavy atom. The van der Waals surface area contributed by atoms with E-state index in [2.05, 4.69) is 0 Å². The zero-order chi connectivity index (χ0) is 22.0. The van der Waals surface area contributed by atoms with Gasteiger partial charge in [-0.05, 0) is 43.4 Å². The average Bonchev–Trinajstić information content (AvgIpc) is 3.49. The molecule has 1 aliphatic heterocycles. The largest absolute Gasteiger partial charge is 0.492 e. The van der Waals surface area contributed by atoms with E-state index in [1.807, 2.05) is 13.8 Å². The number of benzene rings is 1. The molecule has 7 nitrogen and oxygen atoms in total. The van der Waals surface area contributed by atoms with E-state index in [1.165, 1.54) is 29.7 Å². The highest BCUT2D eigenvalue weighted by molar-refractivity contribution is 7.92. The third-order valence-electron chi connectivity index (χ3n) is 5.48. The van der Waals surface area contributed by atoms with E-state index in [-0.39, 0.29) is 27.6 Å². The van der Waals surface area contributed by atoms with Crippen LogP contribution in [0.15, 0.2) is 27.9 Å². The molecule has 1 aromatic heterocycles. The maximum absolute atomic E-state index is 13.3. The molecule has 9 heteroatoms. The molecule has 1 unspecified atom stereocenters. The van der Waals surface area contributed by atoms with Crippen molar-refractivity contribution in [1.29, 1.82) is 0 Å². The first-order valence-corrected chi connectivity index (χ1v) is 11.7. The normalized spacial score (nSPS) is 19.3. The van der Waals surface area contributed by atoms with Crippen molar-refractivity contribution < 1.29 is 23.1 Å². The van der Waals surface area contributed by atoms with Gasteiger partial charge in [0, 0.05) is 17.7 Å². The van der Waals surface area contributed by atoms with Crippen LogP contribution in [0.3, 0.4) is 0 Å². The van der Waals surface area contributed by atoms with E-state index >= 15 is 0 Å². The molecule has 0 spiro atoms. The number of nitrogens with zero attached hydrogens (tertiary/aromatic N) is 1. The van der Waals surface area contributed by atoms with Gasteiger partial charge in [-0.3, -0.25) is 4.79 Å². The minimum atomic E-state index is -3.84. The molecule has 1 fully saturated rings. The van der Waals surface area contributed by atoms with Crippen LogP contribution in [0, 0.1) is 5.92 Å². The van der Waals surface area contributed by atoms with Crippen LogP contribution in [-0.4, -0.2) is 30.7 Å². The summed E-state index contributed by atoms with van der Waals surface area (Å²) in [5, 5.41) is 8.72. The second-order valence-corrected chi connectivity index (χ2v) is 10.9. The number of carbonyl (C=O) groups is 1. The number of aromatic carboxylic acids is 1. The van der Waals surface area contributed by atoms with Crippen LogP contribution in [0.2, 0.25) is 5.02 Å². The molecular weight excluding hydrogens is 430 g/mol. The fourth-order valence-corrected chi connectivity index (χ4v) is 5.61. The van der Waals surface area contributed by atoms with Gasteiger partial charge in [0.25, 0.3) is 5.56 Å². The number of pyridine rings is 1. The highest BCUT2D eigenvalue weighted by Gasteiger charge is 2.41. The number of carboxylic acid groups (broad SMARTS) is 1. The first-order valence-electron chi connectivity index (χ1n) is 9.77. The van der Waals surface area contributed by atoms with Crippen LogP contribution in [0.5, 0.6) is 5.75 Å². The number of halogens is 1. The Bertz CT molecular complexity index is 1230. The van der Waals surface area contributed by atoms with Crippen molar-refractivity contribution in [2.75, 3.05) is 6.61 Å². The third-order valence-corrected chi connectivity index (χ3v) is 7.91. The van der Waals surface area contributed by atoms with E-state index in [9.17, 15) is 23.1 Å². The minimum Gasteiger partial charge on any atom is -0.492 e. The van der Waals surface area contributed by atoms with E-state index < -0.39 is 32.2 Å². The Kier molecular flexibility index (Phi) is 4.97. The van der Waals surface area contributed by atoms with E-state index in [0.29, 0.717) is 23.4 Å². The molecule has 1 N–H and O–H groups in total. The summed E-state index contributed by atoms with van der Waals surface area (Å²) in [5.74, 6) is -0.878. The summed E-state index contributed by atoms with van der Waals surface area (Å²) in [6, 6.07) is 3.97. The van der Waals surface area contributed by atoms with Gasteiger partial charge in [-0.2, -0.15) is 0 Å². The van der Waals surface area contributed by atoms with Gasteiger partial charge < -0.3 is 14.4 Å². The Morgan fingerprint density at radius 1 is 1.30 bits per heavy atom. The zero-order valence-electron chi connectivity index (χ0n) is 16.8. The van der Waals surface area contributed by atoms with Gasteiger partial charge >= 0.3 is 5.97 Å². The van der Waals surface area contributed by atoms with Gasteiger partial charge in [0.1, 0.15) is 11.3 Å². The monoisotopic (exact) mass is 451 g/mol.